The van der Waals surface area contributed by atoms with Gasteiger partial charge in [0.1, 0.15) is 0 Å². The summed E-state index contributed by atoms with van der Waals surface area (Å²) in [5, 5.41) is 12.8. The molecule has 25 heavy (non-hydrogen) atoms. The topological polar surface area (TPSA) is 66.4 Å². The summed E-state index contributed by atoms with van der Waals surface area (Å²) in [5.74, 6) is -1.46. The molecule has 0 fully saturated rings. The number of anilines is 1. The van der Waals surface area contributed by atoms with Crippen LogP contribution in [0, 0.1) is 5.41 Å². The number of aryl methyl sites for hydroxylation is 1. The first-order valence-electron chi connectivity index (χ1n) is 8.82. The highest BCUT2D eigenvalue weighted by Gasteiger charge is 2.50. The minimum Gasteiger partial charge on any atom is -0.480 e. The monoisotopic (exact) mass is 335 g/mol. The van der Waals surface area contributed by atoms with E-state index in [0.29, 0.717) is 0 Å². The van der Waals surface area contributed by atoms with Crippen LogP contribution in [-0.2, 0) is 35.3 Å². The number of rotatable bonds is 3. The van der Waals surface area contributed by atoms with Crippen molar-refractivity contribution in [2.45, 2.75) is 38.5 Å². The third-order valence-corrected chi connectivity index (χ3v) is 5.59. The summed E-state index contributed by atoms with van der Waals surface area (Å²) >= 11 is 0. The maximum Gasteiger partial charge on any atom is 0.319 e. The van der Waals surface area contributed by atoms with Crippen molar-refractivity contribution in [1.82, 2.24) is 0 Å². The fourth-order valence-corrected chi connectivity index (χ4v) is 4.16. The molecule has 0 radical (unpaired) electrons. The van der Waals surface area contributed by atoms with E-state index in [2.05, 4.69) is 11.4 Å². The van der Waals surface area contributed by atoms with E-state index in [-0.39, 0.29) is 12.8 Å². The largest absolute Gasteiger partial charge is 0.480 e. The number of aliphatic carboxylic acids is 1. The van der Waals surface area contributed by atoms with E-state index in [4.69, 9.17) is 0 Å². The van der Waals surface area contributed by atoms with E-state index in [0.717, 1.165) is 41.6 Å². The van der Waals surface area contributed by atoms with Gasteiger partial charge in [-0.3, -0.25) is 9.59 Å². The molecule has 2 aliphatic carbocycles. The molecule has 2 aliphatic rings. The number of hydrogen-bond donors (Lipinski definition) is 2. The van der Waals surface area contributed by atoms with E-state index in [1.807, 2.05) is 36.4 Å². The molecule has 0 saturated heterocycles. The molecular formula is C21H21NO3. The van der Waals surface area contributed by atoms with Gasteiger partial charge in [0, 0.05) is 5.69 Å². The second kappa shape index (κ2) is 6.03. The molecule has 0 aliphatic heterocycles. The molecule has 2 aromatic carbocycles. The molecule has 0 unspecified atom stereocenters. The fraction of sp³-hybridized carbons (Fsp3) is 0.333. The van der Waals surface area contributed by atoms with Crippen LogP contribution < -0.4 is 5.32 Å². The highest BCUT2D eigenvalue weighted by Crippen LogP contribution is 2.39. The number of carbonyl (C=O) groups is 2. The minimum absolute atomic E-state index is 0.249. The van der Waals surface area contributed by atoms with Crippen molar-refractivity contribution in [3.8, 4) is 0 Å². The third-order valence-electron chi connectivity index (χ3n) is 5.59. The second-order valence-electron chi connectivity index (χ2n) is 7.11. The number of benzene rings is 2. The van der Waals surface area contributed by atoms with Crippen molar-refractivity contribution in [1.29, 1.82) is 0 Å². The van der Waals surface area contributed by atoms with E-state index < -0.39 is 17.3 Å². The molecule has 4 heteroatoms. The van der Waals surface area contributed by atoms with Crippen LogP contribution in [0.5, 0.6) is 0 Å². The standard InChI is InChI=1S/C21H21NO3/c23-19(22-18-11-5-9-14-6-3-4-10-17(14)18)21(20(24)25)12-15-7-1-2-8-16(15)13-21/h1-2,5,7-9,11H,3-4,6,10,12-13H2,(H,22,23)(H,24,25). The molecule has 2 N–H and O–H groups in total. The van der Waals surface area contributed by atoms with Gasteiger partial charge in [-0.15, -0.1) is 0 Å². The van der Waals surface area contributed by atoms with Gasteiger partial charge in [-0.05, 0) is 66.8 Å². The number of carboxylic acids is 1. The van der Waals surface area contributed by atoms with Crippen LogP contribution in [0.2, 0.25) is 0 Å². The first kappa shape index (κ1) is 15.9. The van der Waals surface area contributed by atoms with Gasteiger partial charge in [0.15, 0.2) is 5.41 Å². The Hall–Kier alpha value is -2.62. The van der Waals surface area contributed by atoms with E-state index >= 15 is 0 Å². The Kier molecular flexibility index (Phi) is 3.83. The average Bonchev–Trinajstić information content (AvgIpc) is 3.03. The Morgan fingerprint density at radius 1 is 0.880 bits per heavy atom. The summed E-state index contributed by atoms with van der Waals surface area (Å²) in [6, 6.07) is 13.5. The van der Waals surface area contributed by atoms with Crippen molar-refractivity contribution in [2.75, 3.05) is 5.32 Å². The molecule has 0 bridgehead atoms. The predicted octanol–water partition coefficient (Wildman–Crippen LogP) is 3.37. The number of nitrogens with one attached hydrogen (secondary N) is 1. The lowest BCUT2D eigenvalue weighted by atomic mass is 9.83. The molecule has 128 valence electrons. The van der Waals surface area contributed by atoms with Gasteiger partial charge < -0.3 is 10.4 Å². The summed E-state index contributed by atoms with van der Waals surface area (Å²) in [5.41, 5.74) is 3.70. The van der Waals surface area contributed by atoms with Gasteiger partial charge in [-0.1, -0.05) is 36.4 Å². The first-order valence-corrected chi connectivity index (χ1v) is 8.82. The molecule has 4 nitrogen and oxygen atoms in total. The van der Waals surface area contributed by atoms with E-state index in [1.54, 1.807) is 0 Å². The third kappa shape index (κ3) is 2.62. The van der Waals surface area contributed by atoms with Gasteiger partial charge in [0.2, 0.25) is 5.91 Å². The van der Waals surface area contributed by atoms with Crippen LogP contribution >= 0.6 is 0 Å². The lowest BCUT2D eigenvalue weighted by molar-refractivity contribution is -0.153. The maximum absolute atomic E-state index is 13.0. The van der Waals surface area contributed by atoms with Gasteiger partial charge >= 0.3 is 5.97 Å². The quantitative estimate of drug-likeness (QED) is 0.845. The molecule has 0 atom stereocenters. The van der Waals surface area contributed by atoms with E-state index in [9.17, 15) is 14.7 Å². The number of carboxylic acid groups (broad SMARTS) is 1. The van der Waals surface area contributed by atoms with Crippen molar-refractivity contribution >= 4 is 17.6 Å². The van der Waals surface area contributed by atoms with Crippen molar-refractivity contribution in [2.24, 2.45) is 5.41 Å². The number of carbonyl (C=O) groups excluding carboxylic acids is 1. The van der Waals surface area contributed by atoms with Crippen molar-refractivity contribution < 1.29 is 14.7 Å². The second-order valence-corrected chi connectivity index (χ2v) is 7.11. The fourth-order valence-electron chi connectivity index (χ4n) is 4.16. The van der Waals surface area contributed by atoms with Crippen LogP contribution in [0.3, 0.4) is 0 Å². The van der Waals surface area contributed by atoms with Gasteiger partial charge in [0.05, 0.1) is 0 Å². The SMILES string of the molecule is O=C(O)C1(C(=O)Nc2cccc3c2CCCC3)Cc2ccccc2C1. The molecule has 0 aromatic heterocycles. The summed E-state index contributed by atoms with van der Waals surface area (Å²) in [6.07, 6.45) is 4.73. The Morgan fingerprint density at radius 2 is 1.52 bits per heavy atom. The summed E-state index contributed by atoms with van der Waals surface area (Å²) in [6.45, 7) is 0. The summed E-state index contributed by atoms with van der Waals surface area (Å²) in [7, 11) is 0. The molecule has 0 spiro atoms. The molecule has 0 saturated carbocycles. The van der Waals surface area contributed by atoms with Crippen LogP contribution in [0.4, 0.5) is 5.69 Å². The predicted molar refractivity (Wildman–Crippen MR) is 95.6 cm³/mol. The van der Waals surface area contributed by atoms with E-state index in [1.165, 1.54) is 12.0 Å². The van der Waals surface area contributed by atoms with Crippen LogP contribution in [-0.4, -0.2) is 17.0 Å². The normalized spacial score (nSPS) is 17.4. The number of amides is 1. The van der Waals surface area contributed by atoms with Gasteiger partial charge in [0.25, 0.3) is 0 Å². The Morgan fingerprint density at radius 3 is 2.20 bits per heavy atom. The number of hydrogen-bond acceptors (Lipinski definition) is 2. The van der Waals surface area contributed by atoms with Crippen molar-refractivity contribution in [3.63, 3.8) is 0 Å². The summed E-state index contributed by atoms with van der Waals surface area (Å²) < 4.78 is 0. The molecule has 4 rings (SSSR count). The Balaban J connectivity index is 1.65. The highest BCUT2D eigenvalue weighted by molar-refractivity contribution is 6.09. The molecule has 2 aromatic rings. The van der Waals surface area contributed by atoms with Crippen LogP contribution in [0.25, 0.3) is 0 Å². The highest BCUT2D eigenvalue weighted by atomic mass is 16.4. The lowest BCUT2D eigenvalue weighted by Crippen LogP contribution is -2.44. The zero-order chi connectivity index (χ0) is 17.4. The zero-order valence-electron chi connectivity index (χ0n) is 14.0. The van der Waals surface area contributed by atoms with Crippen molar-refractivity contribution in [3.05, 3.63) is 64.7 Å². The van der Waals surface area contributed by atoms with Gasteiger partial charge in [-0.2, -0.15) is 0 Å². The maximum atomic E-state index is 13.0. The summed E-state index contributed by atoms with van der Waals surface area (Å²) in [4.78, 5) is 25.1. The van der Waals surface area contributed by atoms with Crippen LogP contribution in [0.1, 0.15) is 35.1 Å². The smallest absolute Gasteiger partial charge is 0.319 e. The molecule has 0 heterocycles. The molecule has 1 amide bonds. The molecular weight excluding hydrogens is 314 g/mol. The average molecular weight is 335 g/mol. The van der Waals surface area contributed by atoms with Gasteiger partial charge in [-0.25, -0.2) is 0 Å². The lowest BCUT2D eigenvalue weighted by Gasteiger charge is -2.25. The zero-order valence-corrected chi connectivity index (χ0v) is 14.0. The first-order chi connectivity index (χ1) is 12.1. The minimum atomic E-state index is -1.42. The Labute approximate surface area is 146 Å². The Bertz CT molecular complexity index is 831. The van der Waals surface area contributed by atoms with Crippen LogP contribution in [0.15, 0.2) is 42.5 Å². The number of fused-ring (bicyclic) bond motifs is 2.